The summed E-state index contributed by atoms with van der Waals surface area (Å²) in [5, 5.41) is 0. The van der Waals surface area contributed by atoms with Gasteiger partial charge in [-0.25, -0.2) is 9.59 Å². The highest BCUT2D eigenvalue weighted by atomic mass is 79.9. The van der Waals surface area contributed by atoms with Crippen LogP contribution in [-0.2, 0) is 0 Å². The lowest BCUT2D eigenvalue weighted by Crippen LogP contribution is -2.31. The van der Waals surface area contributed by atoms with Crippen LogP contribution in [0.2, 0.25) is 0 Å². The van der Waals surface area contributed by atoms with Gasteiger partial charge in [-0.1, -0.05) is 34.1 Å². The van der Waals surface area contributed by atoms with Crippen LogP contribution < -0.4 is 22.5 Å². The molecule has 0 aliphatic carbocycles. The highest BCUT2D eigenvalue weighted by Gasteiger charge is 2.25. The first kappa shape index (κ1) is 15.9. The molecule has 0 bridgehead atoms. The third-order valence-electron chi connectivity index (χ3n) is 3.53. The Bertz CT molecular complexity index is 1060. The normalized spacial score (nSPS) is 10.9. The van der Waals surface area contributed by atoms with Gasteiger partial charge in [-0.2, -0.15) is 0 Å². The van der Waals surface area contributed by atoms with Gasteiger partial charge in [0, 0.05) is 33.9 Å². The molecule has 3 rings (SSSR count). The summed E-state index contributed by atoms with van der Waals surface area (Å²) in [5.41, 5.74) is -1.57. The van der Waals surface area contributed by atoms with Crippen molar-refractivity contribution in [3.05, 3.63) is 99.5 Å². The van der Waals surface area contributed by atoms with Crippen molar-refractivity contribution in [1.29, 1.82) is 0 Å². The molecule has 0 saturated heterocycles. The topological polar surface area (TPSA) is 131 Å². The van der Waals surface area contributed by atoms with E-state index in [4.69, 9.17) is 0 Å². The first-order valence-corrected chi connectivity index (χ1v) is 7.65. The van der Waals surface area contributed by atoms with E-state index < -0.39 is 28.4 Å². The predicted molar refractivity (Wildman–Crippen MR) is 90.5 cm³/mol. The Morgan fingerprint density at radius 1 is 0.750 bits per heavy atom. The van der Waals surface area contributed by atoms with Gasteiger partial charge < -0.3 is 9.97 Å². The van der Waals surface area contributed by atoms with Crippen LogP contribution in [0.1, 0.15) is 22.6 Å². The second-order valence-electron chi connectivity index (χ2n) is 5.01. The molecule has 0 fully saturated rings. The molecule has 9 heteroatoms. The third-order valence-corrected chi connectivity index (χ3v) is 4.26. The number of H-pyrrole nitrogens is 4. The molecule has 0 atom stereocenters. The first-order chi connectivity index (χ1) is 11.5. The molecule has 0 aliphatic rings. The summed E-state index contributed by atoms with van der Waals surface area (Å²) in [5.74, 6) is -0.790. The SMILES string of the molecule is O=c1[nH]cc(C(c2ccccc2Br)c2c[nH]c(=O)[nH]c2=O)c(=O)[nH]1. The van der Waals surface area contributed by atoms with Crippen molar-refractivity contribution in [3.8, 4) is 0 Å². The Morgan fingerprint density at radius 3 is 1.71 bits per heavy atom. The molecule has 8 nitrogen and oxygen atoms in total. The van der Waals surface area contributed by atoms with Crippen LogP contribution in [0.5, 0.6) is 0 Å². The summed E-state index contributed by atoms with van der Waals surface area (Å²) in [6.45, 7) is 0. The molecule has 2 heterocycles. The molecule has 2 aromatic heterocycles. The molecule has 0 spiro atoms. The summed E-state index contributed by atoms with van der Waals surface area (Å²) in [6, 6.07) is 7.05. The maximum atomic E-state index is 12.2. The quantitative estimate of drug-likeness (QED) is 0.514. The van der Waals surface area contributed by atoms with Gasteiger partial charge in [-0.15, -0.1) is 0 Å². The number of hydrogen-bond acceptors (Lipinski definition) is 4. The van der Waals surface area contributed by atoms with Crippen LogP contribution in [0, 0.1) is 0 Å². The van der Waals surface area contributed by atoms with E-state index in [2.05, 4.69) is 35.9 Å². The summed E-state index contributed by atoms with van der Waals surface area (Å²) < 4.78 is 0.672. The Kier molecular flexibility index (Phi) is 4.17. The minimum atomic E-state index is -0.790. The number of halogens is 1. The summed E-state index contributed by atoms with van der Waals surface area (Å²) in [6.07, 6.45) is 2.52. The van der Waals surface area contributed by atoms with Crippen molar-refractivity contribution in [2.75, 3.05) is 0 Å². The number of hydrogen-bond donors (Lipinski definition) is 4. The van der Waals surface area contributed by atoms with Gasteiger partial charge in [0.05, 0.1) is 0 Å². The van der Waals surface area contributed by atoms with E-state index in [9.17, 15) is 19.2 Å². The molecule has 3 aromatic rings. The van der Waals surface area contributed by atoms with Crippen molar-refractivity contribution in [2.24, 2.45) is 0 Å². The molecule has 0 saturated carbocycles. The minimum absolute atomic E-state index is 0.166. The smallest absolute Gasteiger partial charge is 0.314 e. The first-order valence-electron chi connectivity index (χ1n) is 6.85. The van der Waals surface area contributed by atoms with Crippen molar-refractivity contribution in [3.63, 3.8) is 0 Å². The monoisotopic (exact) mass is 390 g/mol. The second kappa shape index (κ2) is 6.28. The van der Waals surface area contributed by atoms with Crippen LogP contribution in [0.3, 0.4) is 0 Å². The summed E-state index contributed by atoms with van der Waals surface area (Å²) in [4.78, 5) is 56.1. The molecular formula is C15H11BrN4O4. The summed E-state index contributed by atoms with van der Waals surface area (Å²) in [7, 11) is 0. The average Bonchev–Trinajstić information content (AvgIpc) is 2.52. The van der Waals surface area contributed by atoms with Crippen molar-refractivity contribution < 1.29 is 0 Å². The van der Waals surface area contributed by atoms with Gasteiger partial charge >= 0.3 is 11.4 Å². The molecule has 24 heavy (non-hydrogen) atoms. The van der Waals surface area contributed by atoms with Crippen molar-refractivity contribution in [1.82, 2.24) is 19.9 Å². The average molecular weight is 391 g/mol. The predicted octanol–water partition coefficient (Wildman–Crippen LogP) is 0.382. The fraction of sp³-hybridized carbons (Fsp3) is 0.0667. The van der Waals surface area contributed by atoms with Crippen molar-refractivity contribution in [2.45, 2.75) is 5.92 Å². The number of aromatic nitrogens is 4. The molecule has 4 N–H and O–H groups in total. The zero-order chi connectivity index (χ0) is 17.3. The van der Waals surface area contributed by atoms with Gasteiger partial charge in [0.15, 0.2) is 0 Å². The van der Waals surface area contributed by atoms with Crippen LogP contribution >= 0.6 is 15.9 Å². The summed E-state index contributed by atoms with van der Waals surface area (Å²) >= 11 is 3.40. The van der Waals surface area contributed by atoms with Gasteiger partial charge in [-0.3, -0.25) is 19.6 Å². The molecule has 0 unspecified atom stereocenters. The fourth-order valence-electron chi connectivity index (χ4n) is 2.48. The fourth-order valence-corrected chi connectivity index (χ4v) is 2.99. The van der Waals surface area contributed by atoms with Gasteiger partial charge in [0.1, 0.15) is 0 Å². The van der Waals surface area contributed by atoms with Crippen LogP contribution in [0.25, 0.3) is 0 Å². The van der Waals surface area contributed by atoms with E-state index in [1.807, 2.05) is 0 Å². The van der Waals surface area contributed by atoms with E-state index in [0.717, 1.165) is 0 Å². The molecule has 1 aromatic carbocycles. The lowest BCUT2D eigenvalue weighted by molar-refractivity contribution is 0.855. The van der Waals surface area contributed by atoms with E-state index in [0.29, 0.717) is 10.0 Å². The Morgan fingerprint density at radius 2 is 1.25 bits per heavy atom. The Balaban J connectivity index is 2.35. The van der Waals surface area contributed by atoms with E-state index in [-0.39, 0.29) is 11.1 Å². The molecular weight excluding hydrogens is 380 g/mol. The van der Waals surface area contributed by atoms with Gasteiger partial charge in [0.25, 0.3) is 11.1 Å². The van der Waals surface area contributed by atoms with Crippen LogP contribution in [-0.4, -0.2) is 19.9 Å². The largest absolute Gasteiger partial charge is 0.325 e. The molecule has 0 amide bonds. The van der Waals surface area contributed by atoms with Gasteiger partial charge in [-0.05, 0) is 11.6 Å². The highest BCUT2D eigenvalue weighted by molar-refractivity contribution is 9.10. The van der Waals surface area contributed by atoms with E-state index in [1.165, 1.54) is 12.4 Å². The van der Waals surface area contributed by atoms with Crippen LogP contribution in [0.4, 0.5) is 0 Å². The standard InChI is InChI=1S/C15H11BrN4O4/c16-10-4-2-1-3-7(10)11(8-5-17-14(23)19-12(8)21)9-6-18-15(24)20-13(9)22/h1-6,11H,(H2,17,19,21,23)(H2,18,20,22,24). The third kappa shape index (κ3) is 2.93. The number of benzene rings is 1. The number of aromatic amines is 4. The Labute approximate surface area is 141 Å². The maximum Gasteiger partial charge on any atom is 0.325 e. The lowest BCUT2D eigenvalue weighted by atomic mass is 9.88. The Hall–Kier alpha value is -2.94. The molecule has 0 radical (unpaired) electrons. The maximum absolute atomic E-state index is 12.2. The molecule has 0 aliphatic heterocycles. The molecule has 122 valence electrons. The van der Waals surface area contributed by atoms with Crippen LogP contribution in [0.15, 0.2) is 60.3 Å². The van der Waals surface area contributed by atoms with E-state index in [1.54, 1.807) is 24.3 Å². The zero-order valence-corrected chi connectivity index (χ0v) is 13.6. The van der Waals surface area contributed by atoms with E-state index >= 15 is 0 Å². The number of nitrogens with one attached hydrogen (secondary N) is 4. The highest BCUT2D eigenvalue weighted by Crippen LogP contribution is 2.32. The number of rotatable bonds is 3. The van der Waals surface area contributed by atoms with Gasteiger partial charge in [0.2, 0.25) is 0 Å². The lowest BCUT2D eigenvalue weighted by Gasteiger charge is -2.17. The van der Waals surface area contributed by atoms with Crippen molar-refractivity contribution >= 4 is 15.9 Å². The second-order valence-corrected chi connectivity index (χ2v) is 5.86. The minimum Gasteiger partial charge on any atom is -0.314 e. The zero-order valence-electron chi connectivity index (χ0n) is 12.1.